The molecule has 1 N–H and O–H groups in total. The molecule has 0 bridgehead atoms. The van der Waals surface area contributed by atoms with Gasteiger partial charge in [-0.3, -0.25) is 4.68 Å². The van der Waals surface area contributed by atoms with Crippen molar-refractivity contribution in [1.82, 2.24) is 20.0 Å². The molecule has 0 amide bonds. The summed E-state index contributed by atoms with van der Waals surface area (Å²) in [5.74, 6) is 0. The van der Waals surface area contributed by atoms with Crippen LogP contribution in [0.3, 0.4) is 0 Å². The highest BCUT2D eigenvalue weighted by Gasteiger charge is 2.04. The molecule has 1 heterocycles. The van der Waals surface area contributed by atoms with Gasteiger partial charge in [-0.2, -0.15) is 5.10 Å². The normalized spacial score (nSPS) is 11.4. The lowest BCUT2D eigenvalue weighted by Gasteiger charge is -2.11. The zero-order chi connectivity index (χ0) is 12.7. The monoisotopic (exact) mass is 238 g/mol. The van der Waals surface area contributed by atoms with E-state index in [1.165, 1.54) is 11.4 Å². The topological polar surface area (TPSA) is 33.1 Å². The first-order chi connectivity index (χ1) is 8.17. The summed E-state index contributed by atoms with van der Waals surface area (Å²) >= 11 is 0. The molecule has 4 nitrogen and oxygen atoms in total. The van der Waals surface area contributed by atoms with Crippen LogP contribution in [0, 0.1) is 0 Å². The van der Waals surface area contributed by atoms with Gasteiger partial charge < -0.3 is 10.2 Å². The van der Waals surface area contributed by atoms with Crippen molar-refractivity contribution in [1.29, 1.82) is 0 Å². The summed E-state index contributed by atoms with van der Waals surface area (Å²) in [5, 5.41) is 8.04. The van der Waals surface area contributed by atoms with Gasteiger partial charge in [0.25, 0.3) is 0 Å². The molecule has 4 heteroatoms. The fourth-order valence-electron chi connectivity index (χ4n) is 1.78. The van der Waals surface area contributed by atoms with Crippen LogP contribution in [0.5, 0.6) is 0 Å². The molecule has 98 valence electrons. The first-order valence-corrected chi connectivity index (χ1v) is 6.58. The van der Waals surface area contributed by atoms with Crippen molar-refractivity contribution < 1.29 is 0 Å². The van der Waals surface area contributed by atoms with Gasteiger partial charge in [-0.1, -0.05) is 13.8 Å². The van der Waals surface area contributed by atoms with E-state index >= 15 is 0 Å². The summed E-state index contributed by atoms with van der Waals surface area (Å²) in [4.78, 5) is 2.19. The fraction of sp³-hybridized carbons (Fsp3) is 0.769. The van der Waals surface area contributed by atoms with Crippen LogP contribution in [0.4, 0.5) is 0 Å². The smallest absolute Gasteiger partial charge is 0.0624 e. The molecule has 0 aromatic carbocycles. The highest BCUT2D eigenvalue weighted by molar-refractivity contribution is 5.10. The maximum Gasteiger partial charge on any atom is 0.0624 e. The van der Waals surface area contributed by atoms with Gasteiger partial charge in [0, 0.05) is 25.3 Å². The lowest BCUT2D eigenvalue weighted by molar-refractivity contribution is 0.395. The highest BCUT2D eigenvalue weighted by atomic mass is 15.3. The summed E-state index contributed by atoms with van der Waals surface area (Å²) in [5.41, 5.74) is 2.55. The Kier molecular flexibility index (Phi) is 6.22. The standard InChI is InChI=1S/C13H26N4/c1-5-12-11-13(6-2)17(15-12)10-8-14-7-9-16(3)4/h11,14H,5-10H2,1-4H3. The predicted molar refractivity (Wildman–Crippen MR) is 72.4 cm³/mol. The zero-order valence-electron chi connectivity index (χ0n) is 11.7. The van der Waals surface area contributed by atoms with Crippen LogP contribution >= 0.6 is 0 Å². The first-order valence-electron chi connectivity index (χ1n) is 6.58. The van der Waals surface area contributed by atoms with Crippen molar-refractivity contribution in [3.8, 4) is 0 Å². The van der Waals surface area contributed by atoms with E-state index in [0.717, 1.165) is 39.0 Å². The first kappa shape index (κ1) is 14.2. The number of rotatable bonds is 8. The van der Waals surface area contributed by atoms with Crippen molar-refractivity contribution in [3.05, 3.63) is 17.5 Å². The third-order valence-corrected chi connectivity index (χ3v) is 2.87. The maximum absolute atomic E-state index is 4.60. The van der Waals surface area contributed by atoms with Gasteiger partial charge in [-0.25, -0.2) is 0 Å². The number of aromatic nitrogens is 2. The average molecular weight is 238 g/mol. The van der Waals surface area contributed by atoms with Crippen LogP contribution in [-0.2, 0) is 19.4 Å². The number of hydrogen-bond acceptors (Lipinski definition) is 3. The van der Waals surface area contributed by atoms with Crippen molar-refractivity contribution in [2.75, 3.05) is 33.7 Å². The molecule has 1 aromatic heterocycles. The molecule has 17 heavy (non-hydrogen) atoms. The van der Waals surface area contributed by atoms with E-state index in [-0.39, 0.29) is 0 Å². The summed E-state index contributed by atoms with van der Waals surface area (Å²) in [6, 6.07) is 2.22. The van der Waals surface area contributed by atoms with Gasteiger partial charge in [-0.15, -0.1) is 0 Å². The number of hydrogen-bond donors (Lipinski definition) is 1. The van der Waals surface area contributed by atoms with Crippen molar-refractivity contribution >= 4 is 0 Å². The predicted octanol–water partition coefficient (Wildman–Crippen LogP) is 1.16. The SMILES string of the molecule is CCc1cc(CC)n(CCNCCN(C)C)n1. The molecule has 0 spiro atoms. The van der Waals surface area contributed by atoms with E-state index in [1.807, 2.05) is 0 Å². The van der Waals surface area contributed by atoms with Crippen LogP contribution in [0.15, 0.2) is 6.07 Å². The molecule has 0 saturated carbocycles. The molecular formula is C13H26N4. The van der Waals surface area contributed by atoms with Crippen LogP contribution in [0.2, 0.25) is 0 Å². The number of nitrogens with one attached hydrogen (secondary N) is 1. The summed E-state index contributed by atoms with van der Waals surface area (Å²) in [7, 11) is 4.19. The Hall–Kier alpha value is -0.870. The fourth-order valence-corrected chi connectivity index (χ4v) is 1.78. The molecular weight excluding hydrogens is 212 g/mol. The van der Waals surface area contributed by atoms with Crippen LogP contribution < -0.4 is 5.32 Å². The molecule has 0 saturated heterocycles. The highest BCUT2D eigenvalue weighted by Crippen LogP contribution is 2.05. The molecule has 0 aliphatic carbocycles. The maximum atomic E-state index is 4.60. The van der Waals surface area contributed by atoms with Crippen molar-refractivity contribution in [3.63, 3.8) is 0 Å². The van der Waals surface area contributed by atoms with Gasteiger partial charge in [0.1, 0.15) is 0 Å². The minimum Gasteiger partial charge on any atom is -0.314 e. The zero-order valence-corrected chi connectivity index (χ0v) is 11.7. The third-order valence-electron chi connectivity index (χ3n) is 2.87. The molecule has 1 rings (SSSR count). The minimum atomic E-state index is 0.969. The summed E-state index contributed by atoms with van der Waals surface area (Å²) in [6.07, 6.45) is 2.08. The second-order valence-corrected chi connectivity index (χ2v) is 4.61. The molecule has 0 fully saturated rings. The van der Waals surface area contributed by atoms with Gasteiger partial charge in [-0.05, 0) is 33.0 Å². The van der Waals surface area contributed by atoms with Gasteiger partial charge in [0.15, 0.2) is 0 Å². The quantitative estimate of drug-likeness (QED) is 0.690. The molecule has 0 aliphatic heterocycles. The third kappa shape index (κ3) is 4.88. The van der Waals surface area contributed by atoms with E-state index in [9.17, 15) is 0 Å². The Morgan fingerprint density at radius 2 is 2.00 bits per heavy atom. The molecule has 0 radical (unpaired) electrons. The average Bonchev–Trinajstić information content (AvgIpc) is 2.70. The lowest BCUT2D eigenvalue weighted by atomic mass is 10.3. The molecule has 1 aromatic rings. The molecule has 0 aliphatic rings. The van der Waals surface area contributed by atoms with E-state index in [4.69, 9.17) is 0 Å². The van der Waals surface area contributed by atoms with Crippen LogP contribution in [0.1, 0.15) is 25.2 Å². The molecule has 0 atom stereocenters. The Morgan fingerprint density at radius 3 is 2.59 bits per heavy atom. The van der Waals surface area contributed by atoms with Gasteiger partial charge in [0.05, 0.1) is 12.2 Å². The largest absolute Gasteiger partial charge is 0.314 e. The Labute approximate surface area is 105 Å². The van der Waals surface area contributed by atoms with Gasteiger partial charge in [0.2, 0.25) is 0 Å². The summed E-state index contributed by atoms with van der Waals surface area (Å²) < 4.78 is 2.14. The van der Waals surface area contributed by atoms with Crippen molar-refractivity contribution in [2.24, 2.45) is 0 Å². The molecule has 0 unspecified atom stereocenters. The minimum absolute atomic E-state index is 0.969. The lowest BCUT2D eigenvalue weighted by Crippen LogP contribution is -2.29. The number of likely N-dealkylation sites (N-methyl/N-ethyl adjacent to an activating group) is 1. The van der Waals surface area contributed by atoms with E-state index in [1.54, 1.807) is 0 Å². The number of nitrogens with zero attached hydrogens (tertiary/aromatic N) is 3. The van der Waals surface area contributed by atoms with Crippen LogP contribution in [-0.4, -0.2) is 48.4 Å². The number of aryl methyl sites for hydroxylation is 2. The Balaban J connectivity index is 2.32. The van der Waals surface area contributed by atoms with E-state index < -0.39 is 0 Å². The summed E-state index contributed by atoms with van der Waals surface area (Å²) in [6.45, 7) is 8.42. The second kappa shape index (κ2) is 7.45. The van der Waals surface area contributed by atoms with E-state index in [2.05, 4.69) is 54.0 Å². The Bertz CT molecular complexity index is 317. The van der Waals surface area contributed by atoms with Crippen LogP contribution in [0.25, 0.3) is 0 Å². The van der Waals surface area contributed by atoms with E-state index in [0.29, 0.717) is 0 Å². The Morgan fingerprint density at radius 1 is 1.24 bits per heavy atom. The van der Waals surface area contributed by atoms with Crippen molar-refractivity contribution in [2.45, 2.75) is 33.2 Å². The van der Waals surface area contributed by atoms with Gasteiger partial charge >= 0.3 is 0 Å². The second-order valence-electron chi connectivity index (χ2n) is 4.61.